The fourth-order valence-electron chi connectivity index (χ4n) is 0.667. The molecule has 1 N–H and O–H groups in total. The molecule has 1 atom stereocenters. The van der Waals surface area contributed by atoms with Gasteiger partial charge in [-0.15, -0.1) is 0 Å². The zero-order valence-corrected chi connectivity index (χ0v) is 6.78. The number of halogens is 1. The van der Waals surface area contributed by atoms with Crippen LogP contribution >= 0.6 is 22.9 Å². The first-order valence-electron chi connectivity index (χ1n) is 2.53. The van der Waals surface area contributed by atoms with Crippen molar-refractivity contribution < 1.29 is 9.90 Å². The van der Waals surface area contributed by atoms with E-state index in [1.807, 2.05) is 3.11 Å². The number of rotatable bonds is 1. The smallest absolute Gasteiger partial charge is 0.312 e. The number of hydrogen-bond acceptors (Lipinski definition) is 2. The van der Waals surface area contributed by atoms with Crippen LogP contribution in [0.4, 0.5) is 0 Å². The summed E-state index contributed by atoms with van der Waals surface area (Å²) in [4.78, 5) is 10.3. The van der Waals surface area contributed by atoms with Crippen LogP contribution in [0.3, 0.4) is 0 Å². The molecule has 1 heterocycles. The van der Waals surface area contributed by atoms with E-state index in [2.05, 4.69) is 22.9 Å². The summed E-state index contributed by atoms with van der Waals surface area (Å²) < 4.78 is 1.83. The molecule has 0 saturated heterocycles. The van der Waals surface area contributed by atoms with Crippen molar-refractivity contribution in [1.29, 1.82) is 0 Å². The van der Waals surface area contributed by atoms with Crippen LogP contribution in [0.15, 0.2) is 12.3 Å². The molecule has 1 aliphatic heterocycles. The van der Waals surface area contributed by atoms with Crippen LogP contribution in [0.2, 0.25) is 0 Å². The van der Waals surface area contributed by atoms with E-state index in [9.17, 15) is 4.79 Å². The maximum absolute atomic E-state index is 10.3. The number of aliphatic carboxylic acids is 1. The van der Waals surface area contributed by atoms with Crippen molar-refractivity contribution in [3.8, 4) is 0 Å². The van der Waals surface area contributed by atoms with Crippen molar-refractivity contribution in [2.45, 2.75) is 0 Å². The Morgan fingerprint density at radius 2 is 2.56 bits per heavy atom. The van der Waals surface area contributed by atoms with Gasteiger partial charge in [-0.05, 0) is 0 Å². The van der Waals surface area contributed by atoms with Crippen LogP contribution in [0.5, 0.6) is 0 Å². The Labute approximate surface area is 66.8 Å². The molecule has 0 spiro atoms. The van der Waals surface area contributed by atoms with Gasteiger partial charge in [0.15, 0.2) is 0 Å². The fraction of sp³-hybridized carbons (Fsp3) is 0.400. The summed E-state index contributed by atoms with van der Waals surface area (Å²) >= 11 is 2.06. The second-order valence-electron chi connectivity index (χ2n) is 1.87. The molecule has 0 saturated carbocycles. The van der Waals surface area contributed by atoms with Gasteiger partial charge in [-0.2, -0.15) is 0 Å². The highest BCUT2D eigenvalue weighted by Crippen LogP contribution is 2.15. The third kappa shape index (κ3) is 1.57. The van der Waals surface area contributed by atoms with Gasteiger partial charge in [0.2, 0.25) is 0 Å². The first kappa shape index (κ1) is 6.85. The first-order chi connectivity index (χ1) is 4.20. The standard InChI is InChI=1S/C5H6INO2/c6-7-2-1-4(3-7)5(8)9/h1-2,4H,3H2,(H,8,9). The SMILES string of the molecule is O=C(O)C1C=CN(I)C1. The molecule has 1 unspecified atom stereocenters. The molecule has 0 amide bonds. The molecule has 0 aromatic carbocycles. The van der Waals surface area contributed by atoms with Crippen molar-refractivity contribution in [2.75, 3.05) is 6.54 Å². The summed E-state index contributed by atoms with van der Waals surface area (Å²) in [6.07, 6.45) is 3.47. The lowest BCUT2D eigenvalue weighted by atomic mass is 10.2. The predicted molar refractivity (Wildman–Crippen MR) is 41.0 cm³/mol. The molecule has 1 rings (SSSR count). The van der Waals surface area contributed by atoms with E-state index in [0.717, 1.165) is 0 Å². The minimum Gasteiger partial charge on any atom is -0.481 e. The topological polar surface area (TPSA) is 40.5 Å². The average Bonchev–Trinajstić information content (AvgIpc) is 2.14. The Bertz CT molecular complexity index is 157. The molecule has 0 aliphatic carbocycles. The highest BCUT2D eigenvalue weighted by molar-refractivity contribution is 14.1. The van der Waals surface area contributed by atoms with Crippen LogP contribution in [0.25, 0.3) is 0 Å². The molecule has 0 fully saturated rings. The van der Waals surface area contributed by atoms with E-state index in [1.54, 1.807) is 12.3 Å². The van der Waals surface area contributed by atoms with Gasteiger partial charge in [0.25, 0.3) is 0 Å². The Hall–Kier alpha value is -0.260. The summed E-state index contributed by atoms with van der Waals surface area (Å²) in [7, 11) is 0. The van der Waals surface area contributed by atoms with Gasteiger partial charge in [0, 0.05) is 12.7 Å². The summed E-state index contributed by atoms with van der Waals surface area (Å²) in [5, 5.41) is 8.45. The Balaban J connectivity index is 2.50. The van der Waals surface area contributed by atoms with Crippen LogP contribution in [0, 0.1) is 5.92 Å². The van der Waals surface area contributed by atoms with Crippen molar-refractivity contribution >= 4 is 28.8 Å². The van der Waals surface area contributed by atoms with Gasteiger partial charge < -0.3 is 8.22 Å². The second-order valence-corrected chi connectivity index (χ2v) is 3.11. The van der Waals surface area contributed by atoms with Crippen LogP contribution in [-0.4, -0.2) is 20.7 Å². The minimum atomic E-state index is -0.745. The highest BCUT2D eigenvalue weighted by Gasteiger charge is 2.20. The zero-order valence-electron chi connectivity index (χ0n) is 4.62. The monoisotopic (exact) mass is 239 g/mol. The van der Waals surface area contributed by atoms with Gasteiger partial charge in [-0.3, -0.25) is 4.79 Å². The lowest BCUT2D eigenvalue weighted by Crippen LogP contribution is -2.16. The lowest BCUT2D eigenvalue weighted by molar-refractivity contribution is -0.139. The second kappa shape index (κ2) is 2.55. The van der Waals surface area contributed by atoms with Gasteiger partial charge in [-0.1, -0.05) is 6.08 Å². The minimum absolute atomic E-state index is 0.304. The number of carboxylic acids is 1. The van der Waals surface area contributed by atoms with E-state index < -0.39 is 5.97 Å². The van der Waals surface area contributed by atoms with Crippen LogP contribution < -0.4 is 0 Å². The third-order valence-electron chi connectivity index (χ3n) is 1.17. The maximum atomic E-state index is 10.3. The van der Waals surface area contributed by atoms with Crippen molar-refractivity contribution in [1.82, 2.24) is 3.11 Å². The Kier molecular flexibility index (Phi) is 1.94. The summed E-state index contributed by atoms with van der Waals surface area (Å²) in [5.41, 5.74) is 0. The summed E-state index contributed by atoms with van der Waals surface area (Å²) in [6, 6.07) is 0. The number of hydrogen-bond donors (Lipinski definition) is 1. The van der Waals surface area contributed by atoms with Gasteiger partial charge in [0.1, 0.15) is 0 Å². The van der Waals surface area contributed by atoms with Gasteiger partial charge in [-0.25, -0.2) is 0 Å². The number of nitrogens with zero attached hydrogens (tertiary/aromatic N) is 1. The number of carbonyl (C=O) groups is 1. The average molecular weight is 239 g/mol. The van der Waals surface area contributed by atoms with Crippen molar-refractivity contribution in [2.24, 2.45) is 5.92 Å². The molecule has 0 aromatic heterocycles. The highest BCUT2D eigenvalue weighted by atomic mass is 127. The van der Waals surface area contributed by atoms with Gasteiger partial charge in [0.05, 0.1) is 28.8 Å². The third-order valence-corrected chi connectivity index (χ3v) is 1.88. The molecule has 4 heteroatoms. The Morgan fingerprint density at radius 3 is 2.78 bits per heavy atom. The zero-order chi connectivity index (χ0) is 6.85. The predicted octanol–water partition coefficient (Wildman–Crippen LogP) is 0.867. The molecular formula is C5H6INO2. The molecule has 1 aliphatic rings. The summed E-state index contributed by atoms with van der Waals surface area (Å²) in [5.74, 6) is -1.05. The van der Waals surface area contributed by atoms with Crippen LogP contribution in [-0.2, 0) is 4.79 Å². The van der Waals surface area contributed by atoms with Gasteiger partial charge >= 0.3 is 5.97 Å². The maximum Gasteiger partial charge on any atom is 0.312 e. The van der Waals surface area contributed by atoms with E-state index in [4.69, 9.17) is 5.11 Å². The van der Waals surface area contributed by atoms with E-state index in [1.165, 1.54) is 0 Å². The molecule has 0 aromatic rings. The van der Waals surface area contributed by atoms with E-state index in [0.29, 0.717) is 6.54 Å². The van der Waals surface area contributed by atoms with E-state index >= 15 is 0 Å². The summed E-state index contributed by atoms with van der Waals surface area (Å²) in [6.45, 7) is 0.593. The quantitative estimate of drug-likeness (QED) is 0.545. The van der Waals surface area contributed by atoms with Crippen molar-refractivity contribution in [3.05, 3.63) is 12.3 Å². The first-order valence-corrected chi connectivity index (χ1v) is 3.50. The molecule has 3 nitrogen and oxygen atoms in total. The van der Waals surface area contributed by atoms with Crippen LogP contribution in [0.1, 0.15) is 0 Å². The molecule has 50 valence electrons. The fourth-order valence-corrected chi connectivity index (χ4v) is 1.28. The van der Waals surface area contributed by atoms with E-state index in [-0.39, 0.29) is 5.92 Å². The molecule has 0 radical (unpaired) electrons. The van der Waals surface area contributed by atoms with Crippen molar-refractivity contribution in [3.63, 3.8) is 0 Å². The lowest BCUT2D eigenvalue weighted by Gasteiger charge is -2.04. The molecular weight excluding hydrogens is 233 g/mol. The largest absolute Gasteiger partial charge is 0.481 e. The normalized spacial score (nSPS) is 25.0. The number of carboxylic acid groups (broad SMARTS) is 1. The molecule has 0 bridgehead atoms. The Morgan fingerprint density at radius 1 is 1.89 bits per heavy atom. The molecule has 9 heavy (non-hydrogen) atoms.